The highest BCUT2D eigenvalue weighted by atomic mass is 19.3. The lowest BCUT2D eigenvalue weighted by Gasteiger charge is -2.25. The average molecular weight is 250 g/mol. The minimum absolute atomic E-state index is 0.0105. The number of hydrogen-bond acceptors (Lipinski definition) is 3. The summed E-state index contributed by atoms with van der Waals surface area (Å²) < 4.78 is 28.5. The van der Waals surface area contributed by atoms with Crippen LogP contribution >= 0.6 is 0 Å². The number of nitrogens with zero attached hydrogens (tertiary/aromatic N) is 1. The van der Waals surface area contributed by atoms with Crippen LogP contribution in [-0.4, -0.2) is 49.7 Å². The van der Waals surface area contributed by atoms with Crippen molar-refractivity contribution in [2.45, 2.75) is 32.9 Å². The number of rotatable bonds is 7. The lowest BCUT2D eigenvalue weighted by molar-refractivity contribution is -0.129. The van der Waals surface area contributed by atoms with E-state index >= 15 is 0 Å². The molecule has 0 spiro atoms. The molecule has 1 saturated heterocycles. The van der Waals surface area contributed by atoms with Crippen LogP contribution in [0.15, 0.2) is 0 Å². The fraction of sp³-hybridized carbons (Fsp3) is 0.909. The highest BCUT2D eigenvalue weighted by Gasteiger charge is 2.30. The van der Waals surface area contributed by atoms with Gasteiger partial charge in [0.25, 0.3) is 6.43 Å². The van der Waals surface area contributed by atoms with Crippen LogP contribution in [0.5, 0.6) is 0 Å². The third-order valence-corrected chi connectivity index (χ3v) is 2.60. The van der Waals surface area contributed by atoms with Crippen LogP contribution in [0, 0.1) is 5.92 Å². The summed E-state index contributed by atoms with van der Waals surface area (Å²) in [5.41, 5.74) is 0. The van der Waals surface area contributed by atoms with Gasteiger partial charge in [-0.1, -0.05) is 13.8 Å². The first-order valence-electron chi connectivity index (χ1n) is 5.89. The Kier molecular flexibility index (Phi) is 5.77. The summed E-state index contributed by atoms with van der Waals surface area (Å²) in [6.45, 7) is 4.45. The summed E-state index contributed by atoms with van der Waals surface area (Å²) >= 11 is 0. The lowest BCUT2D eigenvalue weighted by atomic mass is 10.1. The van der Waals surface area contributed by atoms with E-state index in [1.165, 1.54) is 0 Å². The zero-order chi connectivity index (χ0) is 12.8. The Morgan fingerprint density at radius 3 is 2.82 bits per heavy atom. The summed E-state index contributed by atoms with van der Waals surface area (Å²) in [7, 11) is 0. The number of hydrogen-bond donors (Lipinski definition) is 1. The highest BCUT2D eigenvalue weighted by molar-refractivity contribution is 5.80. The third-order valence-electron chi connectivity index (χ3n) is 2.60. The van der Waals surface area contributed by atoms with Gasteiger partial charge in [0, 0.05) is 6.54 Å². The largest absolute Gasteiger partial charge is 0.374 e. The van der Waals surface area contributed by atoms with Crippen molar-refractivity contribution in [2.24, 2.45) is 5.92 Å². The van der Waals surface area contributed by atoms with Gasteiger partial charge in [0.05, 0.1) is 19.3 Å². The van der Waals surface area contributed by atoms with Crippen molar-refractivity contribution < 1.29 is 18.3 Å². The molecule has 1 amide bonds. The van der Waals surface area contributed by atoms with Crippen molar-refractivity contribution in [3.05, 3.63) is 0 Å². The zero-order valence-corrected chi connectivity index (χ0v) is 10.3. The van der Waals surface area contributed by atoms with Gasteiger partial charge in [0.15, 0.2) is 0 Å². The van der Waals surface area contributed by atoms with E-state index in [4.69, 9.17) is 4.74 Å². The summed E-state index contributed by atoms with van der Waals surface area (Å²) in [5, 5.41) is 3.11. The van der Waals surface area contributed by atoms with Crippen molar-refractivity contribution in [3.8, 4) is 0 Å². The van der Waals surface area contributed by atoms with Crippen molar-refractivity contribution in [1.82, 2.24) is 10.2 Å². The number of alkyl halides is 2. The van der Waals surface area contributed by atoms with Gasteiger partial charge in [-0.05, 0) is 12.3 Å². The van der Waals surface area contributed by atoms with E-state index in [1.807, 2.05) is 0 Å². The Morgan fingerprint density at radius 2 is 2.24 bits per heavy atom. The quantitative estimate of drug-likeness (QED) is 0.687. The molecule has 0 saturated carbocycles. The average Bonchev–Trinajstić information content (AvgIpc) is 2.54. The van der Waals surface area contributed by atoms with Gasteiger partial charge < -0.3 is 9.64 Å². The Bertz CT molecular complexity index is 250. The van der Waals surface area contributed by atoms with Crippen molar-refractivity contribution in [2.75, 3.05) is 26.3 Å². The normalized spacial score (nSPS) is 20.9. The van der Waals surface area contributed by atoms with Gasteiger partial charge in [-0.2, -0.15) is 0 Å². The third kappa shape index (κ3) is 4.95. The van der Waals surface area contributed by atoms with Gasteiger partial charge in [-0.15, -0.1) is 0 Å². The van der Waals surface area contributed by atoms with Crippen LogP contribution in [-0.2, 0) is 9.53 Å². The minimum atomic E-state index is -2.45. The fourth-order valence-corrected chi connectivity index (χ4v) is 1.86. The number of amides is 1. The molecule has 0 aromatic heterocycles. The predicted octanol–water partition coefficient (Wildman–Crippen LogP) is 1.07. The van der Waals surface area contributed by atoms with E-state index in [0.29, 0.717) is 19.0 Å². The van der Waals surface area contributed by atoms with Gasteiger partial charge in [0.2, 0.25) is 5.91 Å². The maximum absolute atomic E-state index is 11.8. The van der Waals surface area contributed by atoms with Gasteiger partial charge in [-0.25, -0.2) is 8.78 Å². The van der Waals surface area contributed by atoms with E-state index in [-0.39, 0.29) is 18.7 Å². The van der Waals surface area contributed by atoms with Crippen LogP contribution in [0.1, 0.15) is 20.3 Å². The standard InChI is InChI=1S/C11H20F2N2O2/c1-8(2)5-10-14-6-11(16)15(10)3-4-17-7-9(12)13/h8-10,14H,3-7H2,1-2H3. The van der Waals surface area contributed by atoms with Gasteiger partial charge >= 0.3 is 0 Å². The molecule has 0 aromatic rings. The Balaban J connectivity index is 2.30. The van der Waals surface area contributed by atoms with E-state index in [1.54, 1.807) is 4.90 Å². The molecule has 0 aliphatic carbocycles. The van der Waals surface area contributed by atoms with E-state index in [2.05, 4.69) is 19.2 Å². The summed E-state index contributed by atoms with van der Waals surface area (Å²) in [5.74, 6) is 0.485. The smallest absolute Gasteiger partial charge is 0.261 e. The van der Waals surface area contributed by atoms with Gasteiger partial charge in [-0.3, -0.25) is 10.1 Å². The van der Waals surface area contributed by atoms with Crippen LogP contribution in [0.3, 0.4) is 0 Å². The second-order valence-corrected chi connectivity index (χ2v) is 4.58. The molecule has 1 unspecified atom stereocenters. The molecule has 1 aliphatic rings. The van der Waals surface area contributed by atoms with Crippen molar-refractivity contribution in [3.63, 3.8) is 0 Å². The molecule has 1 N–H and O–H groups in total. The summed E-state index contributed by atoms with van der Waals surface area (Å²) in [6, 6.07) is 0. The topological polar surface area (TPSA) is 41.6 Å². The predicted molar refractivity (Wildman–Crippen MR) is 59.8 cm³/mol. The summed E-state index contributed by atoms with van der Waals surface area (Å²) in [6.07, 6.45) is -1.58. The van der Waals surface area contributed by atoms with Crippen LogP contribution < -0.4 is 5.32 Å². The molecule has 1 heterocycles. The SMILES string of the molecule is CC(C)CC1NCC(=O)N1CCOCC(F)F. The first-order chi connectivity index (χ1) is 8.00. The molecule has 1 atom stereocenters. The zero-order valence-electron chi connectivity index (χ0n) is 10.3. The molecule has 0 radical (unpaired) electrons. The number of carbonyl (C=O) groups excluding carboxylic acids is 1. The monoisotopic (exact) mass is 250 g/mol. The number of ether oxygens (including phenoxy) is 1. The Morgan fingerprint density at radius 1 is 1.53 bits per heavy atom. The van der Waals surface area contributed by atoms with E-state index < -0.39 is 13.0 Å². The highest BCUT2D eigenvalue weighted by Crippen LogP contribution is 2.13. The second kappa shape index (κ2) is 6.86. The molecule has 4 nitrogen and oxygen atoms in total. The van der Waals surface area contributed by atoms with Crippen LogP contribution in [0.2, 0.25) is 0 Å². The Hall–Kier alpha value is -0.750. The maximum atomic E-state index is 11.8. The van der Waals surface area contributed by atoms with E-state index in [0.717, 1.165) is 6.42 Å². The fourth-order valence-electron chi connectivity index (χ4n) is 1.86. The summed E-state index contributed by atoms with van der Waals surface area (Å²) in [4.78, 5) is 13.2. The molecular weight excluding hydrogens is 230 g/mol. The molecular formula is C11H20F2N2O2. The molecule has 0 aromatic carbocycles. The molecule has 17 heavy (non-hydrogen) atoms. The number of halogens is 2. The molecule has 0 bridgehead atoms. The number of carbonyl (C=O) groups is 1. The van der Waals surface area contributed by atoms with Crippen LogP contribution in [0.4, 0.5) is 8.78 Å². The molecule has 1 aliphatic heterocycles. The van der Waals surface area contributed by atoms with Crippen molar-refractivity contribution >= 4 is 5.91 Å². The first kappa shape index (κ1) is 14.3. The van der Waals surface area contributed by atoms with Crippen molar-refractivity contribution in [1.29, 1.82) is 0 Å². The molecule has 6 heteroatoms. The minimum Gasteiger partial charge on any atom is -0.374 e. The maximum Gasteiger partial charge on any atom is 0.261 e. The van der Waals surface area contributed by atoms with E-state index in [9.17, 15) is 13.6 Å². The molecule has 100 valence electrons. The van der Waals surface area contributed by atoms with Gasteiger partial charge in [0.1, 0.15) is 6.61 Å². The molecule has 1 fully saturated rings. The molecule has 1 rings (SSSR count). The number of nitrogens with one attached hydrogen (secondary N) is 1. The second-order valence-electron chi connectivity index (χ2n) is 4.58. The van der Waals surface area contributed by atoms with Crippen LogP contribution in [0.25, 0.3) is 0 Å². The first-order valence-corrected chi connectivity index (χ1v) is 5.89. The Labute approximate surface area is 100 Å². The lowest BCUT2D eigenvalue weighted by Crippen LogP contribution is -2.40.